The molecule has 0 fully saturated rings. The Bertz CT molecular complexity index is 361. The minimum atomic E-state index is -0.964. The minimum Gasteiger partial charge on any atom is -0.482 e. The first-order valence-corrected chi connectivity index (χ1v) is 5.46. The maximum atomic E-state index is 10.0. The van der Waals surface area contributed by atoms with Gasteiger partial charge in [0.1, 0.15) is 18.4 Å². The number of carbonyl (C=O) groups excluding carboxylic acids is 1. The Morgan fingerprint density at radius 3 is 2.21 bits per heavy atom. The quantitative estimate of drug-likeness (QED) is 0.554. The zero-order valence-corrected chi connectivity index (χ0v) is 11.5. The number of amides is 1. The average Bonchev–Trinajstić information content (AvgIpc) is 2.38. The number of halogens is 2. The van der Waals surface area contributed by atoms with Crippen molar-refractivity contribution in [3.05, 3.63) is 30.3 Å². The lowest BCUT2D eigenvalue weighted by Crippen LogP contribution is -2.24. The molecule has 0 aliphatic carbocycles. The highest BCUT2D eigenvalue weighted by Crippen LogP contribution is 2.07. The summed E-state index contributed by atoms with van der Waals surface area (Å²) < 4.78 is 4.87. The summed E-state index contributed by atoms with van der Waals surface area (Å²) in [6, 6.07) is 8.84. The summed E-state index contributed by atoms with van der Waals surface area (Å²) in [5.74, 6) is -0.839. The van der Waals surface area contributed by atoms with Gasteiger partial charge in [0.25, 0.3) is 0 Å². The van der Waals surface area contributed by atoms with Gasteiger partial charge >= 0.3 is 5.97 Å². The second-order valence-corrected chi connectivity index (χ2v) is 3.15. The summed E-state index contributed by atoms with van der Waals surface area (Å²) in [4.78, 5) is 20.1. The van der Waals surface area contributed by atoms with Crippen LogP contribution in [0, 0.1) is 0 Å². The highest BCUT2D eigenvalue weighted by molar-refractivity contribution is 6.27. The number of rotatable bonds is 5. The predicted molar refractivity (Wildman–Crippen MR) is 72.8 cm³/mol. The molecule has 0 spiro atoms. The van der Waals surface area contributed by atoms with Gasteiger partial charge in [-0.25, -0.2) is 4.79 Å². The maximum Gasteiger partial charge on any atom is 0.341 e. The smallest absolute Gasteiger partial charge is 0.341 e. The molecule has 8 heteroatoms. The summed E-state index contributed by atoms with van der Waals surface area (Å²) in [6.45, 7) is -0.629. The molecule has 0 aromatic heterocycles. The summed E-state index contributed by atoms with van der Waals surface area (Å²) in [7, 11) is 0. The number of carboxylic acid groups (broad SMARTS) is 1. The highest BCUT2D eigenvalue weighted by atomic mass is 35.5. The second kappa shape index (κ2) is 12.9. The van der Waals surface area contributed by atoms with Crippen LogP contribution in [0.2, 0.25) is 0 Å². The van der Waals surface area contributed by atoms with Gasteiger partial charge in [-0.15, -0.1) is 24.0 Å². The van der Waals surface area contributed by atoms with Gasteiger partial charge in [-0.3, -0.25) is 4.79 Å². The number of aliphatic carboxylic acids is 1. The molecule has 108 valence electrons. The van der Waals surface area contributed by atoms with Gasteiger partial charge in [0, 0.05) is 0 Å². The Labute approximate surface area is 121 Å². The van der Waals surface area contributed by atoms with Crippen molar-refractivity contribution in [1.82, 2.24) is 5.32 Å². The van der Waals surface area contributed by atoms with Gasteiger partial charge in [0.2, 0.25) is 5.91 Å². The van der Waals surface area contributed by atoms with Crippen LogP contribution < -0.4 is 10.1 Å². The molecule has 6 nitrogen and oxygen atoms in total. The van der Waals surface area contributed by atoms with E-state index >= 15 is 0 Å². The van der Waals surface area contributed by atoms with Crippen molar-refractivity contribution in [1.29, 1.82) is 0 Å². The molecule has 0 unspecified atom stereocenters. The third-order valence-corrected chi connectivity index (χ3v) is 1.75. The number of hydrogen-bond donors (Lipinski definition) is 3. The maximum absolute atomic E-state index is 10.0. The molecule has 0 saturated carbocycles. The minimum absolute atomic E-state index is 0. The Balaban J connectivity index is 0. The summed E-state index contributed by atoms with van der Waals surface area (Å²) >= 11 is 5.01. The lowest BCUT2D eigenvalue weighted by atomic mass is 10.3. The Morgan fingerprint density at radius 1 is 1.26 bits per heavy atom. The van der Waals surface area contributed by atoms with Crippen LogP contribution >= 0.6 is 24.0 Å². The fourth-order valence-electron chi connectivity index (χ4n) is 0.797. The van der Waals surface area contributed by atoms with Crippen LogP contribution in [0.25, 0.3) is 0 Å². The SMILES string of the molecule is Cl.O=C(CCl)NCO.O=C(O)COc1ccccc1. The van der Waals surface area contributed by atoms with Gasteiger partial charge in [0.05, 0.1) is 0 Å². The standard InChI is InChI=1S/C8H8O3.C3H6ClNO2.ClH/c9-8(10)6-11-7-4-2-1-3-5-7;4-1-3(7)5-2-6;/h1-5H,6H2,(H,9,10);6H,1-2H2,(H,5,7);1H. The lowest BCUT2D eigenvalue weighted by molar-refractivity contribution is -0.139. The fourth-order valence-corrected chi connectivity index (χ4v) is 0.892. The van der Waals surface area contributed by atoms with Crippen LogP contribution in [0.4, 0.5) is 0 Å². The monoisotopic (exact) mass is 311 g/mol. The summed E-state index contributed by atoms with van der Waals surface area (Å²) in [5.41, 5.74) is 0. The van der Waals surface area contributed by atoms with Crippen molar-refractivity contribution in [2.45, 2.75) is 0 Å². The molecular weight excluding hydrogens is 297 g/mol. The molecule has 19 heavy (non-hydrogen) atoms. The van der Waals surface area contributed by atoms with Crippen LogP contribution in [0.5, 0.6) is 5.75 Å². The first-order chi connectivity index (χ1) is 8.60. The fraction of sp³-hybridized carbons (Fsp3) is 0.273. The molecule has 1 aromatic carbocycles. The number of nitrogens with one attached hydrogen (secondary N) is 1. The van der Waals surface area contributed by atoms with Crippen LogP contribution in [-0.4, -0.2) is 41.3 Å². The van der Waals surface area contributed by atoms with Crippen LogP contribution in [0.3, 0.4) is 0 Å². The third-order valence-electron chi connectivity index (χ3n) is 1.50. The highest BCUT2D eigenvalue weighted by Gasteiger charge is 1.96. The van der Waals surface area contributed by atoms with Gasteiger partial charge in [0.15, 0.2) is 6.61 Å². The topological polar surface area (TPSA) is 95.9 Å². The number of carboxylic acids is 1. The molecule has 0 saturated heterocycles. The molecule has 0 radical (unpaired) electrons. The molecule has 3 N–H and O–H groups in total. The van der Waals surface area contributed by atoms with Crippen LogP contribution in [0.1, 0.15) is 0 Å². The number of carbonyl (C=O) groups is 2. The number of ether oxygens (including phenoxy) is 1. The van der Waals surface area contributed by atoms with Crippen molar-refractivity contribution in [3.63, 3.8) is 0 Å². The number of hydrogen-bond acceptors (Lipinski definition) is 4. The van der Waals surface area contributed by atoms with E-state index in [0.29, 0.717) is 5.75 Å². The van der Waals surface area contributed by atoms with E-state index in [1.807, 2.05) is 6.07 Å². The Hall–Kier alpha value is -1.50. The van der Waals surface area contributed by atoms with Crippen molar-refractivity contribution in [2.24, 2.45) is 0 Å². The molecule has 0 bridgehead atoms. The number of benzene rings is 1. The van der Waals surface area contributed by atoms with E-state index in [1.165, 1.54) is 0 Å². The zero-order valence-electron chi connectivity index (χ0n) is 9.91. The van der Waals surface area contributed by atoms with Crippen LogP contribution in [-0.2, 0) is 9.59 Å². The summed E-state index contributed by atoms with van der Waals surface area (Å²) in [5, 5.41) is 18.3. The molecule has 1 amide bonds. The van der Waals surface area contributed by atoms with Crippen molar-refractivity contribution in [3.8, 4) is 5.75 Å². The normalized spacial score (nSPS) is 8.32. The van der Waals surface area contributed by atoms with Gasteiger partial charge < -0.3 is 20.3 Å². The van der Waals surface area contributed by atoms with Gasteiger partial charge in [-0.05, 0) is 12.1 Å². The predicted octanol–water partition coefficient (Wildman–Crippen LogP) is 0.863. The third kappa shape index (κ3) is 12.7. The molecule has 0 atom stereocenters. The van der Waals surface area contributed by atoms with E-state index in [2.05, 4.69) is 5.32 Å². The molecule has 0 aliphatic heterocycles. The number of aliphatic hydroxyl groups excluding tert-OH is 1. The largest absolute Gasteiger partial charge is 0.482 e. The number of para-hydroxylation sites is 1. The zero-order chi connectivity index (χ0) is 13.8. The van der Waals surface area contributed by atoms with E-state index in [9.17, 15) is 9.59 Å². The van der Waals surface area contributed by atoms with Crippen LogP contribution in [0.15, 0.2) is 30.3 Å². The Morgan fingerprint density at radius 2 is 1.84 bits per heavy atom. The lowest BCUT2D eigenvalue weighted by Gasteiger charge is -2.00. The molecule has 1 aromatic rings. The van der Waals surface area contributed by atoms with E-state index < -0.39 is 5.97 Å². The summed E-state index contributed by atoms with van der Waals surface area (Å²) in [6.07, 6.45) is 0. The van der Waals surface area contributed by atoms with Crippen molar-refractivity contribution in [2.75, 3.05) is 19.2 Å². The Kier molecular flexibility index (Phi) is 13.5. The van der Waals surface area contributed by atoms with E-state index in [4.69, 9.17) is 26.6 Å². The van der Waals surface area contributed by atoms with E-state index in [1.54, 1.807) is 24.3 Å². The van der Waals surface area contributed by atoms with Crippen molar-refractivity contribution >= 4 is 35.9 Å². The number of alkyl halides is 1. The number of aliphatic hydroxyl groups is 1. The molecule has 0 aliphatic rings. The first-order valence-electron chi connectivity index (χ1n) is 4.93. The van der Waals surface area contributed by atoms with E-state index in [0.717, 1.165) is 0 Å². The van der Waals surface area contributed by atoms with E-state index in [-0.39, 0.29) is 37.5 Å². The molecular formula is C11H15Cl2NO5. The first kappa shape index (κ1) is 19.8. The second-order valence-electron chi connectivity index (χ2n) is 2.89. The molecule has 0 heterocycles. The van der Waals surface area contributed by atoms with Gasteiger partial charge in [-0.1, -0.05) is 18.2 Å². The van der Waals surface area contributed by atoms with Gasteiger partial charge in [-0.2, -0.15) is 0 Å². The molecule has 1 rings (SSSR count). The van der Waals surface area contributed by atoms with Crippen molar-refractivity contribution < 1.29 is 24.5 Å². The average molecular weight is 312 g/mol.